The van der Waals surface area contributed by atoms with Crippen molar-refractivity contribution in [1.29, 1.82) is 0 Å². The zero-order valence-electron chi connectivity index (χ0n) is 16.1. The van der Waals surface area contributed by atoms with Gasteiger partial charge >= 0.3 is 0 Å². The highest BCUT2D eigenvalue weighted by Gasteiger charge is 2.28. The van der Waals surface area contributed by atoms with E-state index >= 15 is 0 Å². The normalized spacial score (nSPS) is 17.0. The van der Waals surface area contributed by atoms with Gasteiger partial charge in [0.15, 0.2) is 0 Å². The minimum atomic E-state index is 0.0372. The fourth-order valence-electron chi connectivity index (χ4n) is 3.35. The largest absolute Gasteiger partial charge is 0.491 e. The lowest BCUT2D eigenvalue weighted by atomic mass is 10.00. The van der Waals surface area contributed by atoms with E-state index in [2.05, 4.69) is 36.5 Å². The van der Waals surface area contributed by atoms with E-state index in [1.54, 1.807) is 7.11 Å². The number of hydrogen-bond acceptors (Lipinski definition) is 4. The van der Waals surface area contributed by atoms with E-state index in [4.69, 9.17) is 9.47 Å². The van der Waals surface area contributed by atoms with Crippen LogP contribution in [0.15, 0.2) is 48.5 Å². The van der Waals surface area contributed by atoms with Gasteiger partial charge in [-0.2, -0.15) is 0 Å². The van der Waals surface area contributed by atoms with Crippen LogP contribution in [0.3, 0.4) is 0 Å². The molecule has 0 spiro atoms. The first kappa shape index (κ1) is 19.4. The second-order valence-corrected chi connectivity index (χ2v) is 6.68. The Kier molecular flexibility index (Phi) is 6.85. The maximum Gasteiger partial charge on any atom is 0.254 e. The summed E-state index contributed by atoms with van der Waals surface area (Å²) in [6.45, 7) is 5.39. The van der Waals surface area contributed by atoms with Gasteiger partial charge in [0.1, 0.15) is 12.4 Å². The molecule has 0 radical (unpaired) electrons. The topological polar surface area (TPSA) is 50.8 Å². The number of nitrogens with zero attached hydrogens (tertiary/aromatic N) is 1. The minimum absolute atomic E-state index is 0.0372. The molecule has 27 heavy (non-hydrogen) atoms. The molecule has 1 aliphatic heterocycles. The highest BCUT2D eigenvalue weighted by molar-refractivity contribution is 5.95. The number of aryl methyl sites for hydroxylation is 1. The first-order valence-corrected chi connectivity index (χ1v) is 9.55. The second kappa shape index (κ2) is 9.53. The number of methoxy groups -OCH3 is 1. The number of nitrogens with one attached hydrogen (secondary N) is 1. The van der Waals surface area contributed by atoms with Crippen LogP contribution in [0.4, 0.5) is 0 Å². The molecule has 2 aromatic carbocycles. The smallest absolute Gasteiger partial charge is 0.254 e. The van der Waals surface area contributed by atoms with Crippen molar-refractivity contribution in [2.24, 2.45) is 0 Å². The summed E-state index contributed by atoms with van der Waals surface area (Å²) < 4.78 is 10.7. The Morgan fingerprint density at radius 1 is 1.19 bits per heavy atom. The van der Waals surface area contributed by atoms with Gasteiger partial charge in [-0.15, -0.1) is 0 Å². The van der Waals surface area contributed by atoms with Gasteiger partial charge < -0.3 is 19.7 Å². The van der Waals surface area contributed by atoms with Crippen LogP contribution < -0.4 is 10.1 Å². The van der Waals surface area contributed by atoms with Crippen LogP contribution in [0, 0.1) is 0 Å². The van der Waals surface area contributed by atoms with E-state index in [0.29, 0.717) is 31.1 Å². The summed E-state index contributed by atoms with van der Waals surface area (Å²) in [6.07, 6.45) is 1.02. The first-order valence-electron chi connectivity index (χ1n) is 9.55. The number of piperazine rings is 1. The highest BCUT2D eigenvalue weighted by Crippen LogP contribution is 2.26. The summed E-state index contributed by atoms with van der Waals surface area (Å²) in [5, 5.41) is 3.41. The molecule has 1 unspecified atom stereocenters. The van der Waals surface area contributed by atoms with Gasteiger partial charge in [-0.1, -0.05) is 37.3 Å². The molecule has 1 saturated heterocycles. The first-order chi connectivity index (χ1) is 13.2. The summed E-state index contributed by atoms with van der Waals surface area (Å²) in [7, 11) is 1.64. The Morgan fingerprint density at radius 3 is 2.74 bits per heavy atom. The average molecular weight is 368 g/mol. The predicted octanol–water partition coefficient (Wildman–Crippen LogP) is 3.06. The van der Waals surface area contributed by atoms with Gasteiger partial charge in [0.05, 0.1) is 12.6 Å². The van der Waals surface area contributed by atoms with Crippen molar-refractivity contribution in [3.8, 4) is 5.75 Å². The zero-order chi connectivity index (χ0) is 19.1. The van der Waals surface area contributed by atoms with Crippen LogP contribution in [0.5, 0.6) is 5.75 Å². The van der Waals surface area contributed by atoms with Crippen molar-refractivity contribution >= 4 is 5.91 Å². The Morgan fingerprint density at radius 2 is 2.00 bits per heavy atom. The van der Waals surface area contributed by atoms with Gasteiger partial charge in [0.25, 0.3) is 5.91 Å². The van der Waals surface area contributed by atoms with Crippen molar-refractivity contribution < 1.29 is 14.3 Å². The van der Waals surface area contributed by atoms with E-state index in [1.807, 2.05) is 29.2 Å². The Balaban J connectivity index is 1.77. The van der Waals surface area contributed by atoms with E-state index in [1.165, 1.54) is 11.1 Å². The lowest BCUT2D eigenvalue weighted by Gasteiger charge is -2.36. The molecule has 1 fully saturated rings. The number of rotatable bonds is 7. The molecule has 5 heteroatoms. The van der Waals surface area contributed by atoms with Crippen molar-refractivity contribution in [2.75, 3.05) is 40.0 Å². The van der Waals surface area contributed by atoms with Crippen LogP contribution in [0.2, 0.25) is 0 Å². The van der Waals surface area contributed by atoms with Crippen molar-refractivity contribution in [2.45, 2.75) is 19.4 Å². The van der Waals surface area contributed by atoms with Gasteiger partial charge in [0, 0.05) is 32.3 Å². The minimum Gasteiger partial charge on any atom is -0.491 e. The fraction of sp³-hybridized carbons (Fsp3) is 0.409. The molecule has 5 nitrogen and oxygen atoms in total. The number of hydrogen-bond donors (Lipinski definition) is 1. The summed E-state index contributed by atoms with van der Waals surface area (Å²) in [5.74, 6) is 0.732. The van der Waals surface area contributed by atoms with Gasteiger partial charge in [0.2, 0.25) is 0 Å². The molecular formula is C22H28N2O3. The predicted molar refractivity (Wildman–Crippen MR) is 106 cm³/mol. The standard InChI is InChI=1S/C22H28N2O3/c1-3-17-7-9-18(10-8-17)21-16-23-11-12-24(21)22(25)19-5-4-6-20(15-19)27-14-13-26-2/h4-10,15,21,23H,3,11-14,16H2,1-2H3. The molecule has 2 aromatic rings. The van der Waals surface area contributed by atoms with Crippen LogP contribution in [-0.2, 0) is 11.2 Å². The SMILES string of the molecule is CCc1ccc(C2CNCCN2C(=O)c2cccc(OCCOC)c2)cc1. The molecule has 0 aliphatic carbocycles. The maximum absolute atomic E-state index is 13.2. The number of ether oxygens (including phenoxy) is 2. The molecule has 0 bridgehead atoms. The van der Waals surface area contributed by atoms with E-state index < -0.39 is 0 Å². The molecule has 1 atom stereocenters. The van der Waals surface area contributed by atoms with Gasteiger partial charge in [-0.05, 0) is 35.7 Å². The molecule has 3 rings (SSSR count). The average Bonchev–Trinajstić information content (AvgIpc) is 2.74. The lowest BCUT2D eigenvalue weighted by molar-refractivity contribution is 0.0633. The molecule has 1 amide bonds. The summed E-state index contributed by atoms with van der Waals surface area (Å²) >= 11 is 0. The maximum atomic E-state index is 13.2. The zero-order valence-corrected chi connectivity index (χ0v) is 16.1. The van der Waals surface area contributed by atoms with Crippen LogP contribution in [0.25, 0.3) is 0 Å². The summed E-state index contributed by atoms with van der Waals surface area (Å²) in [4.78, 5) is 15.2. The molecule has 1 N–H and O–H groups in total. The summed E-state index contributed by atoms with van der Waals surface area (Å²) in [6, 6.07) is 16.0. The Labute approximate surface area is 161 Å². The van der Waals surface area contributed by atoms with Gasteiger partial charge in [-0.3, -0.25) is 4.79 Å². The van der Waals surface area contributed by atoms with E-state index in [0.717, 1.165) is 19.5 Å². The number of benzene rings is 2. The van der Waals surface area contributed by atoms with Crippen molar-refractivity contribution in [1.82, 2.24) is 10.2 Å². The van der Waals surface area contributed by atoms with Crippen molar-refractivity contribution in [3.05, 3.63) is 65.2 Å². The molecule has 144 valence electrons. The second-order valence-electron chi connectivity index (χ2n) is 6.68. The van der Waals surface area contributed by atoms with Crippen LogP contribution in [0.1, 0.15) is 34.5 Å². The van der Waals surface area contributed by atoms with Crippen LogP contribution >= 0.6 is 0 Å². The van der Waals surface area contributed by atoms with Crippen LogP contribution in [-0.4, -0.2) is 50.8 Å². The molecule has 1 aliphatic rings. The number of amides is 1. The molecular weight excluding hydrogens is 340 g/mol. The third kappa shape index (κ3) is 4.87. The van der Waals surface area contributed by atoms with Gasteiger partial charge in [-0.25, -0.2) is 0 Å². The number of carbonyl (C=O) groups excluding carboxylic acids is 1. The molecule has 0 saturated carbocycles. The monoisotopic (exact) mass is 368 g/mol. The lowest BCUT2D eigenvalue weighted by Crippen LogP contribution is -2.48. The van der Waals surface area contributed by atoms with Crippen molar-refractivity contribution in [3.63, 3.8) is 0 Å². The van der Waals surface area contributed by atoms with E-state index in [-0.39, 0.29) is 11.9 Å². The molecule has 1 heterocycles. The Hall–Kier alpha value is -2.37. The number of carbonyl (C=O) groups is 1. The third-order valence-corrected chi connectivity index (χ3v) is 4.91. The summed E-state index contributed by atoms with van der Waals surface area (Å²) in [5.41, 5.74) is 3.13. The molecule has 0 aromatic heterocycles. The van der Waals surface area contributed by atoms with E-state index in [9.17, 15) is 4.79 Å². The third-order valence-electron chi connectivity index (χ3n) is 4.91. The Bertz CT molecular complexity index is 745. The quantitative estimate of drug-likeness (QED) is 0.763. The fourth-order valence-corrected chi connectivity index (χ4v) is 3.35. The highest BCUT2D eigenvalue weighted by atomic mass is 16.5.